The van der Waals surface area contributed by atoms with Gasteiger partial charge in [0.25, 0.3) is 11.1 Å². The molecule has 1 aromatic heterocycles. The van der Waals surface area contributed by atoms with E-state index in [0.29, 0.717) is 39.1 Å². The average molecular weight is 490 g/mol. The smallest absolute Gasteiger partial charge is 0.326 e. The Morgan fingerprint density at radius 1 is 1.30 bits per heavy atom. The van der Waals surface area contributed by atoms with Crippen LogP contribution in [0.15, 0.2) is 41.8 Å². The van der Waals surface area contributed by atoms with Crippen molar-refractivity contribution in [3.8, 4) is 28.1 Å². The van der Waals surface area contributed by atoms with Crippen LogP contribution >= 0.6 is 11.3 Å². The van der Waals surface area contributed by atoms with Crippen molar-refractivity contribution < 1.29 is 21.9 Å². The predicted octanol–water partition coefficient (Wildman–Crippen LogP) is 4.21. The SMILES string of the molecule is CN1c2cc(-c3cc(Oc4nc(C#N)cs4)ccc3N)ccc2N(CC2CC2(F)F)S1(=O)=O. The third kappa shape index (κ3) is 3.63. The highest BCUT2D eigenvalue weighted by Gasteiger charge is 2.59. The molecule has 2 aliphatic rings. The van der Waals surface area contributed by atoms with Gasteiger partial charge >= 0.3 is 10.2 Å². The Kier molecular flexibility index (Phi) is 4.73. The van der Waals surface area contributed by atoms with Gasteiger partial charge in [0.1, 0.15) is 11.8 Å². The maximum atomic E-state index is 13.4. The summed E-state index contributed by atoms with van der Waals surface area (Å²) >= 11 is 1.18. The Morgan fingerprint density at radius 2 is 2.06 bits per heavy atom. The molecule has 1 atom stereocenters. The first kappa shape index (κ1) is 21.4. The van der Waals surface area contributed by atoms with Gasteiger partial charge in [-0.1, -0.05) is 17.4 Å². The van der Waals surface area contributed by atoms with E-state index in [9.17, 15) is 17.2 Å². The monoisotopic (exact) mass is 489 g/mol. The molecular formula is C21H17F2N5O3S2. The summed E-state index contributed by atoms with van der Waals surface area (Å²) in [5.74, 6) is -3.36. The number of anilines is 3. The molecule has 2 aromatic carbocycles. The van der Waals surface area contributed by atoms with Crippen LogP contribution in [-0.2, 0) is 10.2 Å². The highest BCUT2D eigenvalue weighted by molar-refractivity contribution is 7.94. The van der Waals surface area contributed by atoms with Gasteiger partial charge in [-0.3, -0.25) is 8.61 Å². The Morgan fingerprint density at radius 3 is 2.73 bits per heavy atom. The molecule has 3 aromatic rings. The molecule has 0 radical (unpaired) electrons. The maximum absolute atomic E-state index is 13.4. The minimum atomic E-state index is -3.94. The van der Waals surface area contributed by atoms with Crippen LogP contribution in [0.2, 0.25) is 0 Å². The number of hydrogen-bond acceptors (Lipinski definition) is 7. The number of benzene rings is 2. The van der Waals surface area contributed by atoms with E-state index >= 15 is 0 Å². The Bertz CT molecular complexity index is 1420. The van der Waals surface area contributed by atoms with Crippen molar-refractivity contribution >= 4 is 38.6 Å². The van der Waals surface area contributed by atoms with Crippen molar-refractivity contribution in [2.24, 2.45) is 5.92 Å². The van der Waals surface area contributed by atoms with Gasteiger partial charge in [0, 0.05) is 42.6 Å². The lowest BCUT2D eigenvalue weighted by Crippen LogP contribution is -2.37. The summed E-state index contributed by atoms with van der Waals surface area (Å²) < 4.78 is 60.4. The molecule has 1 saturated carbocycles. The van der Waals surface area contributed by atoms with Gasteiger partial charge in [-0.2, -0.15) is 18.7 Å². The van der Waals surface area contributed by atoms with Crippen LogP contribution in [0, 0.1) is 17.2 Å². The number of rotatable bonds is 5. The van der Waals surface area contributed by atoms with E-state index in [-0.39, 0.29) is 18.7 Å². The van der Waals surface area contributed by atoms with Gasteiger partial charge in [0.2, 0.25) is 0 Å². The third-order valence-corrected chi connectivity index (χ3v) is 8.20. The fourth-order valence-corrected chi connectivity index (χ4v) is 5.79. The number of nitriles is 1. The molecule has 0 bridgehead atoms. The molecule has 2 heterocycles. The lowest BCUT2D eigenvalue weighted by atomic mass is 10.0. The molecule has 1 unspecified atom stereocenters. The van der Waals surface area contributed by atoms with Crippen LogP contribution in [0.3, 0.4) is 0 Å². The normalized spacial score (nSPS) is 19.8. The molecule has 12 heteroatoms. The minimum absolute atomic E-state index is 0.252. The first-order valence-corrected chi connectivity index (χ1v) is 12.1. The number of nitrogens with two attached hydrogens (primary N) is 1. The van der Waals surface area contributed by atoms with Crippen molar-refractivity contribution in [2.45, 2.75) is 12.3 Å². The van der Waals surface area contributed by atoms with E-state index in [1.165, 1.54) is 18.4 Å². The van der Waals surface area contributed by atoms with Crippen LogP contribution in [0.1, 0.15) is 12.1 Å². The number of fused-ring (bicyclic) bond motifs is 1. The number of thiazole rings is 1. The summed E-state index contributed by atoms with van der Waals surface area (Å²) in [5.41, 5.74) is 8.82. The van der Waals surface area contributed by atoms with E-state index in [4.69, 9.17) is 15.7 Å². The molecule has 1 fully saturated rings. The van der Waals surface area contributed by atoms with E-state index in [0.717, 1.165) is 8.61 Å². The summed E-state index contributed by atoms with van der Waals surface area (Å²) in [7, 11) is -2.55. The first-order valence-electron chi connectivity index (χ1n) is 9.82. The van der Waals surface area contributed by atoms with Crippen molar-refractivity contribution in [1.82, 2.24) is 4.98 Å². The largest absolute Gasteiger partial charge is 0.431 e. The van der Waals surface area contributed by atoms with Gasteiger partial charge < -0.3 is 10.5 Å². The van der Waals surface area contributed by atoms with Crippen LogP contribution in [0.5, 0.6) is 10.9 Å². The maximum Gasteiger partial charge on any atom is 0.326 e. The Hall–Kier alpha value is -3.43. The molecule has 1 aliphatic heterocycles. The van der Waals surface area contributed by atoms with Crippen molar-refractivity contribution in [2.75, 3.05) is 27.9 Å². The van der Waals surface area contributed by atoms with Gasteiger partial charge in [0.05, 0.1) is 11.4 Å². The fourth-order valence-electron chi connectivity index (χ4n) is 3.72. The summed E-state index contributed by atoms with van der Waals surface area (Å²) in [4.78, 5) is 4.04. The van der Waals surface area contributed by atoms with Gasteiger partial charge in [-0.25, -0.2) is 8.78 Å². The topological polar surface area (TPSA) is 113 Å². The molecule has 0 spiro atoms. The summed E-state index contributed by atoms with van der Waals surface area (Å²) in [6.07, 6.45) is -0.311. The highest BCUT2D eigenvalue weighted by Crippen LogP contribution is 2.52. The predicted molar refractivity (Wildman–Crippen MR) is 121 cm³/mol. The van der Waals surface area contributed by atoms with Crippen LogP contribution in [0.4, 0.5) is 25.8 Å². The number of nitrogens with zero attached hydrogens (tertiary/aromatic N) is 4. The Balaban J connectivity index is 1.48. The molecule has 1 aliphatic carbocycles. The standard InChI is InChI=1S/C21H17F2N5O3S2/c1-27-19-6-12(2-5-18(19)28(33(27,29)30)10-13-8-21(13,22)23)16-7-15(3-4-17(16)25)31-20-26-14(9-24)11-32-20/h2-7,11,13H,8,10,25H2,1H3. The zero-order valence-electron chi connectivity index (χ0n) is 17.2. The van der Waals surface area contributed by atoms with Crippen molar-refractivity contribution in [1.29, 1.82) is 5.26 Å². The summed E-state index contributed by atoms with van der Waals surface area (Å²) in [5, 5.41) is 10.8. The fraction of sp³-hybridized carbons (Fsp3) is 0.238. The second kappa shape index (κ2) is 7.29. The number of alkyl halides is 2. The quantitative estimate of drug-likeness (QED) is 0.537. The lowest BCUT2D eigenvalue weighted by Gasteiger charge is -2.18. The van der Waals surface area contributed by atoms with Gasteiger partial charge in [-0.05, 0) is 35.9 Å². The number of nitrogen functional groups attached to an aromatic ring is 1. The second-order valence-electron chi connectivity index (χ2n) is 7.83. The Labute approximate surface area is 192 Å². The number of hydrogen-bond donors (Lipinski definition) is 1. The van der Waals surface area contributed by atoms with Crippen molar-refractivity contribution in [3.05, 3.63) is 47.5 Å². The molecule has 2 N–H and O–H groups in total. The van der Waals surface area contributed by atoms with Crippen LogP contribution in [-0.4, -0.2) is 32.9 Å². The third-order valence-electron chi connectivity index (χ3n) is 5.69. The van der Waals surface area contributed by atoms with E-state index in [1.807, 2.05) is 6.07 Å². The minimum Gasteiger partial charge on any atom is -0.431 e. The van der Waals surface area contributed by atoms with E-state index in [1.54, 1.807) is 41.8 Å². The number of ether oxygens (including phenoxy) is 1. The molecule has 0 amide bonds. The van der Waals surface area contributed by atoms with E-state index < -0.39 is 22.0 Å². The zero-order valence-corrected chi connectivity index (χ0v) is 18.8. The first-order chi connectivity index (χ1) is 15.6. The number of halogens is 2. The highest BCUT2D eigenvalue weighted by atomic mass is 32.2. The molecule has 0 saturated heterocycles. The van der Waals surface area contributed by atoms with Crippen molar-refractivity contribution in [3.63, 3.8) is 0 Å². The zero-order chi connectivity index (χ0) is 23.5. The molecule has 170 valence electrons. The second-order valence-corrected chi connectivity index (χ2v) is 10.5. The molecule has 33 heavy (non-hydrogen) atoms. The van der Waals surface area contributed by atoms with Crippen LogP contribution < -0.4 is 19.1 Å². The van der Waals surface area contributed by atoms with E-state index in [2.05, 4.69) is 4.98 Å². The molecular weight excluding hydrogens is 472 g/mol. The lowest BCUT2D eigenvalue weighted by molar-refractivity contribution is 0.101. The van der Waals surface area contributed by atoms with Gasteiger partial charge in [0.15, 0.2) is 5.69 Å². The number of aromatic nitrogens is 1. The van der Waals surface area contributed by atoms with Crippen LogP contribution in [0.25, 0.3) is 11.1 Å². The summed E-state index contributed by atoms with van der Waals surface area (Å²) in [6.45, 7) is -0.268. The summed E-state index contributed by atoms with van der Waals surface area (Å²) in [6, 6.07) is 11.9. The molecule has 5 rings (SSSR count). The van der Waals surface area contributed by atoms with Gasteiger partial charge in [-0.15, -0.1) is 0 Å². The molecule has 8 nitrogen and oxygen atoms in total. The average Bonchev–Trinajstić information content (AvgIpc) is 3.08.